The van der Waals surface area contributed by atoms with Gasteiger partial charge in [0.25, 0.3) is 0 Å². The SMILES string of the molecule is CS(=O)Cc1nc(-c2ccc(F)cc2)c(C2CCCCC2)s1. The number of aromatic nitrogens is 1. The highest BCUT2D eigenvalue weighted by molar-refractivity contribution is 7.83. The minimum Gasteiger partial charge on any atom is -0.259 e. The molecule has 0 radical (unpaired) electrons. The molecule has 1 aliphatic rings. The Kier molecular flexibility index (Phi) is 5.03. The summed E-state index contributed by atoms with van der Waals surface area (Å²) in [6.45, 7) is 0. The molecule has 0 bridgehead atoms. The van der Waals surface area contributed by atoms with Gasteiger partial charge in [-0.05, 0) is 43.0 Å². The maximum atomic E-state index is 13.2. The smallest absolute Gasteiger partial charge is 0.123 e. The Hall–Kier alpha value is -1.07. The van der Waals surface area contributed by atoms with E-state index in [2.05, 4.69) is 0 Å². The lowest BCUT2D eigenvalue weighted by Gasteiger charge is -2.21. The molecule has 5 heteroatoms. The van der Waals surface area contributed by atoms with Crippen molar-refractivity contribution in [1.29, 1.82) is 0 Å². The van der Waals surface area contributed by atoms with Gasteiger partial charge in [-0.1, -0.05) is 19.3 Å². The average molecular weight is 337 g/mol. The van der Waals surface area contributed by atoms with Gasteiger partial charge in [0.15, 0.2) is 0 Å². The third-order valence-corrected chi connectivity index (χ3v) is 6.20. The predicted molar refractivity (Wildman–Crippen MR) is 91.1 cm³/mol. The van der Waals surface area contributed by atoms with Crippen LogP contribution in [0.1, 0.15) is 47.9 Å². The minimum absolute atomic E-state index is 0.229. The summed E-state index contributed by atoms with van der Waals surface area (Å²) in [5, 5.41) is 0.931. The third-order valence-electron chi connectivity index (χ3n) is 4.12. The summed E-state index contributed by atoms with van der Waals surface area (Å²) in [7, 11) is -0.889. The highest BCUT2D eigenvalue weighted by atomic mass is 32.2. The van der Waals surface area contributed by atoms with Crippen molar-refractivity contribution in [2.45, 2.75) is 43.8 Å². The van der Waals surface area contributed by atoms with E-state index in [1.807, 2.05) is 0 Å². The van der Waals surface area contributed by atoms with E-state index in [0.29, 0.717) is 11.7 Å². The molecule has 0 N–H and O–H groups in total. The van der Waals surface area contributed by atoms with E-state index in [1.165, 1.54) is 49.1 Å². The van der Waals surface area contributed by atoms with E-state index >= 15 is 0 Å². The molecule has 1 heterocycles. The molecule has 1 atom stereocenters. The van der Waals surface area contributed by atoms with Crippen LogP contribution in [0.15, 0.2) is 24.3 Å². The van der Waals surface area contributed by atoms with Crippen LogP contribution < -0.4 is 0 Å². The van der Waals surface area contributed by atoms with Crippen molar-refractivity contribution >= 4 is 22.1 Å². The number of nitrogens with zero attached hydrogens (tertiary/aromatic N) is 1. The Morgan fingerprint density at radius 3 is 2.55 bits per heavy atom. The molecule has 0 amide bonds. The van der Waals surface area contributed by atoms with E-state index < -0.39 is 10.8 Å². The van der Waals surface area contributed by atoms with Crippen molar-refractivity contribution in [1.82, 2.24) is 4.98 Å². The first-order valence-electron chi connectivity index (χ1n) is 7.69. The molecule has 1 aromatic carbocycles. The van der Waals surface area contributed by atoms with Gasteiger partial charge in [-0.15, -0.1) is 11.3 Å². The summed E-state index contributed by atoms with van der Waals surface area (Å²) in [4.78, 5) is 6.03. The Morgan fingerprint density at radius 1 is 1.23 bits per heavy atom. The zero-order chi connectivity index (χ0) is 15.5. The largest absolute Gasteiger partial charge is 0.259 e. The standard InChI is InChI=1S/C17H20FNOS2/c1-22(20)11-15-19-16(12-7-9-14(18)10-8-12)17(21-15)13-5-3-2-4-6-13/h7-10,13H,2-6,11H2,1H3. The summed E-state index contributed by atoms with van der Waals surface area (Å²) in [5.74, 6) is 0.824. The normalized spacial score (nSPS) is 17.5. The fourth-order valence-corrected chi connectivity index (χ4v) is 5.27. The van der Waals surface area contributed by atoms with Crippen LogP contribution >= 0.6 is 11.3 Å². The van der Waals surface area contributed by atoms with E-state index in [4.69, 9.17) is 4.98 Å². The number of benzene rings is 1. The summed E-state index contributed by atoms with van der Waals surface area (Å²) in [6.07, 6.45) is 7.95. The van der Waals surface area contributed by atoms with Gasteiger partial charge in [0.2, 0.25) is 0 Å². The Bertz CT molecular complexity index is 660. The first kappa shape index (κ1) is 15.8. The van der Waals surface area contributed by atoms with Crippen molar-refractivity contribution in [3.05, 3.63) is 40.0 Å². The summed E-state index contributed by atoms with van der Waals surface area (Å²) in [5.41, 5.74) is 1.93. The Balaban J connectivity index is 1.99. The van der Waals surface area contributed by atoms with Crippen LogP contribution in [-0.2, 0) is 16.6 Å². The van der Waals surface area contributed by atoms with Crippen LogP contribution in [-0.4, -0.2) is 15.4 Å². The molecule has 1 aliphatic carbocycles. The second-order valence-electron chi connectivity index (χ2n) is 5.88. The molecule has 2 aromatic rings. The van der Waals surface area contributed by atoms with Gasteiger partial charge < -0.3 is 0 Å². The average Bonchev–Trinajstić information content (AvgIpc) is 2.92. The lowest BCUT2D eigenvalue weighted by molar-refractivity contribution is 0.448. The molecule has 1 unspecified atom stereocenters. The van der Waals surface area contributed by atoms with Crippen LogP contribution in [0.2, 0.25) is 0 Å². The van der Waals surface area contributed by atoms with Crippen molar-refractivity contribution < 1.29 is 8.60 Å². The monoisotopic (exact) mass is 337 g/mol. The van der Waals surface area contributed by atoms with E-state index in [9.17, 15) is 8.60 Å². The zero-order valence-corrected chi connectivity index (χ0v) is 14.3. The second kappa shape index (κ2) is 7.01. The predicted octanol–water partition coefficient (Wildman–Crippen LogP) is 4.88. The second-order valence-corrected chi connectivity index (χ2v) is 8.43. The molecule has 1 fully saturated rings. The minimum atomic E-state index is -0.889. The van der Waals surface area contributed by atoms with Crippen LogP contribution in [0.3, 0.4) is 0 Å². The first-order valence-corrected chi connectivity index (χ1v) is 10.2. The first-order chi connectivity index (χ1) is 10.6. The molecular formula is C17H20FNOS2. The molecule has 1 aromatic heterocycles. The van der Waals surface area contributed by atoms with Crippen LogP contribution in [0, 0.1) is 5.82 Å². The van der Waals surface area contributed by atoms with Crippen LogP contribution in [0.25, 0.3) is 11.3 Å². The maximum absolute atomic E-state index is 13.2. The van der Waals surface area contributed by atoms with Crippen molar-refractivity contribution in [3.63, 3.8) is 0 Å². The van der Waals surface area contributed by atoms with Gasteiger partial charge in [-0.25, -0.2) is 9.37 Å². The van der Waals surface area contributed by atoms with Gasteiger partial charge >= 0.3 is 0 Å². The Labute approximate surface area is 137 Å². The summed E-state index contributed by atoms with van der Waals surface area (Å²) in [6, 6.07) is 6.56. The quantitative estimate of drug-likeness (QED) is 0.796. The molecular weight excluding hydrogens is 317 g/mol. The molecule has 3 rings (SSSR count). The van der Waals surface area contributed by atoms with E-state index in [0.717, 1.165) is 16.3 Å². The fourth-order valence-electron chi connectivity index (χ4n) is 3.07. The molecule has 0 spiro atoms. The summed E-state index contributed by atoms with van der Waals surface area (Å²) < 4.78 is 24.7. The maximum Gasteiger partial charge on any atom is 0.123 e. The highest BCUT2D eigenvalue weighted by Gasteiger charge is 2.23. The van der Waals surface area contributed by atoms with E-state index in [-0.39, 0.29) is 5.82 Å². The van der Waals surface area contributed by atoms with E-state index in [1.54, 1.807) is 29.7 Å². The molecule has 1 saturated carbocycles. The number of hydrogen-bond donors (Lipinski definition) is 0. The molecule has 22 heavy (non-hydrogen) atoms. The molecule has 0 aliphatic heterocycles. The number of halogens is 1. The number of rotatable bonds is 4. The highest BCUT2D eigenvalue weighted by Crippen LogP contribution is 2.41. The van der Waals surface area contributed by atoms with Crippen molar-refractivity contribution in [2.24, 2.45) is 0 Å². The van der Waals surface area contributed by atoms with Gasteiger partial charge in [0.05, 0.1) is 11.4 Å². The van der Waals surface area contributed by atoms with Gasteiger partial charge in [-0.3, -0.25) is 4.21 Å². The Morgan fingerprint density at radius 2 is 1.91 bits per heavy atom. The molecule has 2 nitrogen and oxygen atoms in total. The third kappa shape index (κ3) is 3.63. The summed E-state index contributed by atoms with van der Waals surface area (Å²) >= 11 is 1.70. The lowest BCUT2D eigenvalue weighted by Crippen LogP contribution is -2.04. The topological polar surface area (TPSA) is 30.0 Å². The fraction of sp³-hybridized carbons (Fsp3) is 0.471. The van der Waals surface area contributed by atoms with Crippen molar-refractivity contribution in [3.8, 4) is 11.3 Å². The van der Waals surface area contributed by atoms with Gasteiger partial charge in [0, 0.05) is 27.5 Å². The molecule has 118 valence electrons. The van der Waals surface area contributed by atoms with Crippen LogP contribution in [0.4, 0.5) is 4.39 Å². The van der Waals surface area contributed by atoms with Gasteiger partial charge in [-0.2, -0.15) is 0 Å². The van der Waals surface area contributed by atoms with Gasteiger partial charge in [0.1, 0.15) is 10.8 Å². The zero-order valence-electron chi connectivity index (χ0n) is 12.7. The van der Waals surface area contributed by atoms with Crippen molar-refractivity contribution in [2.75, 3.05) is 6.26 Å². The number of thiazole rings is 1. The number of hydrogen-bond acceptors (Lipinski definition) is 3. The lowest BCUT2D eigenvalue weighted by atomic mass is 9.87. The molecule has 0 saturated heterocycles. The van der Waals surface area contributed by atoms with Crippen LogP contribution in [0.5, 0.6) is 0 Å².